The zero-order valence-corrected chi connectivity index (χ0v) is 30.1. The molecule has 0 saturated carbocycles. The average molecular weight is 695 g/mol. The zero-order chi connectivity index (χ0) is 34.9. The van der Waals surface area contributed by atoms with Gasteiger partial charge in [0.2, 0.25) is 5.91 Å². The highest BCUT2D eigenvalue weighted by atomic mass is 35.5. The van der Waals surface area contributed by atoms with Gasteiger partial charge in [0.05, 0.1) is 25.3 Å². The van der Waals surface area contributed by atoms with E-state index in [0.717, 1.165) is 11.1 Å². The minimum Gasteiger partial charge on any atom is -0.495 e. The number of alkyl carbamates (subject to hydrolysis) is 1. The van der Waals surface area contributed by atoms with Crippen molar-refractivity contribution in [2.45, 2.75) is 101 Å². The lowest BCUT2D eigenvalue weighted by Gasteiger charge is -2.42. The van der Waals surface area contributed by atoms with E-state index in [4.69, 9.17) is 35.3 Å². The number of hydrogen-bond donors (Lipinski definition) is 3. The average Bonchev–Trinajstić information content (AvgIpc) is 3.68. The summed E-state index contributed by atoms with van der Waals surface area (Å²) in [5.41, 5.74) is -0.724. The molecule has 2 amide bonds. The van der Waals surface area contributed by atoms with Crippen LogP contribution in [0.1, 0.15) is 45.6 Å². The number of carbonyl (C=O) groups excluding carboxylic acids is 3. The Morgan fingerprint density at radius 3 is 2.60 bits per heavy atom. The first-order valence-corrected chi connectivity index (χ1v) is 19.2. The van der Waals surface area contributed by atoms with Gasteiger partial charge in [-0.05, 0) is 57.1 Å². The highest BCUT2D eigenvalue weighted by molar-refractivity contribution is 6.69. The Bertz CT molecular complexity index is 1430. The number of carbonyl (C=O) groups is 3. The van der Waals surface area contributed by atoms with Gasteiger partial charge in [-0.25, -0.2) is 4.79 Å². The van der Waals surface area contributed by atoms with E-state index in [1.165, 1.54) is 19.1 Å². The van der Waals surface area contributed by atoms with Gasteiger partial charge in [-0.2, -0.15) is 0 Å². The van der Waals surface area contributed by atoms with Crippen molar-refractivity contribution in [2.24, 2.45) is 5.92 Å². The maximum atomic E-state index is 13.9. The van der Waals surface area contributed by atoms with Crippen molar-refractivity contribution in [3.05, 3.63) is 46.5 Å². The Labute approximate surface area is 282 Å². The summed E-state index contributed by atoms with van der Waals surface area (Å²) in [6.45, 7) is 8.95. The molecule has 260 valence electrons. The number of halogens is 1. The van der Waals surface area contributed by atoms with Crippen LogP contribution < -0.4 is 15.0 Å². The summed E-state index contributed by atoms with van der Waals surface area (Å²) in [4.78, 5) is 51.4. The second-order valence-electron chi connectivity index (χ2n) is 13.6. The lowest BCUT2D eigenvalue weighted by molar-refractivity contribution is -0.153. The van der Waals surface area contributed by atoms with Crippen LogP contribution in [0.15, 0.2) is 35.9 Å². The van der Waals surface area contributed by atoms with Crippen molar-refractivity contribution in [3.8, 4) is 5.75 Å². The van der Waals surface area contributed by atoms with Crippen LogP contribution in [0.3, 0.4) is 0 Å². The van der Waals surface area contributed by atoms with Gasteiger partial charge in [0.1, 0.15) is 34.7 Å². The summed E-state index contributed by atoms with van der Waals surface area (Å²) >= 11 is 6.71. The first kappa shape index (κ1) is 36.9. The number of rotatable bonds is 6. The molecule has 0 unspecified atom stereocenters. The van der Waals surface area contributed by atoms with Crippen LogP contribution in [0.25, 0.3) is 0 Å². The molecule has 0 aromatic heterocycles. The molecule has 4 rings (SSSR count). The van der Waals surface area contributed by atoms with Gasteiger partial charge in [0, 0.05) is 32.9 Å². The Morgan fingerprint density at radius 2 is 1.96 bits per heavy atom. The summed E-state index contributed by atoms with van der Waals surface area (Å²) in [5, 5.41) is 14.4. The van der Waals surface area contributed by atoms with Crippen LogP contribution in [0, 0.1) is 5.92 Å². The number of hydrogen-bond acceptors (Lipinski definition) is 10. The summed E-state index contributed by atoms with van der Waals surface area (Å²) in [6, 6.07) is 3.90. The second kappa shape index (κ2) is 14.3. The van der Waals surface area contributed by atoms with Crippen molar-refractivity contribution < 1.29 is 48.0 Å². The van der Waals surface area contributed by atoms with E-state index in [1.54, 1.807) is 45.3 Å². The lowest BCUT2D eigenvalue weighted by atomic mass is 9.83. The van der Waals surface area contributed by atoms with Crippen LogP contribution in [0.4, 0.5) is 10.5 Å². The topological polar surface area (TPSA) is 156 Å². The number of epoxide rings is 1. The molecular formula is C33H47ClN2O10Si. The van der Waals surface area contributed by atoms with E-state index in [9.17, 15) is 24.3 Å². The smallest absolute Gasteiger partial charge is 0.409 e. The SMILES string of the molecule is COc1cc2cc(c1Cl)N(C)C(=O)C[C@H](OC(=O)CC[Si](C)(C)O)[C@@]1(C)O[C@H]1[C@H](C)[C@@H]1C[C@@](O)(NC(=O)O1)[C@H](OC)/C=C/C=C(\C)C2. The molecule has 47 heavy (non-hydrogen) atoms. The Balaban J connectivity index is 1.77. The fourth-order valence-electron chi connectivity index (χ4n) is 6.23. The van der Waals surface area contributed by atoms with Crippen molar-refractivity contribution in [1.82, 2.24) is 5.32 Å². The molecule has 12 nitrogen and oxygen atoms in total. The van der Waals surface area contributed by atoms with E-state index in [2.05, 4.69) is 5.32 Å². The van der Waals surface area contributed by atoms with Gasteiger partial charge in [0.15, 0.2) is 14.0 Å². The van der Waals surface area contributed by atoms with Gasteiger partial charge in [-0.3, -0.25) is 14.9 Å². The van der Waals surface area contributed by atoms with E-state index in [1.807, 2.05) is 26.0 Å². The number of anilines is 1. The Kier molecular flexibility index (Phi) is 11.2. The second-order valence-corrected chi connectivity index (χ2v) is 18.1. The lowest BCUT2D eigenvalue weighted by Crippen LogP contribution is -2.63. The minimum absolute atomic E-state index is 0.0185. The monoisotopic (exact) mass is 694 g/mol. The quantitative estimate of drug-likeness (QED) is 0.223. The van der Waals surface area contributed by atoms with Gasteiger partial charge < -0.3 is 38.5 Å². The molecular weight excluding hydrogens is 648 g/mol. The molecule has 1 aromatic rings. The molecule has 7 atom stereocenters. The van der Waals surface area contributed by atoms with E-state index in [0.29, 0.717) is 23.9 Å². The molecule has 3 heterocycles. The minimum atomic E-state index is -2.54. The molecule has 3 N–H and O–H groups in total. The van der Waals surface area contributed by atoms with E-state index < -0.39 is 62.0 Å². The molecule has 0 radical (unpaired) electrons. The van der Waals surface area contributed by atoms with Crippen molar-refractivity contribution in [1.29, 1.82) is 0 Å². The number of ether oxygens (including phenoxy) is 5. The molecule has 14 heteroatoms. The van der Waals surface area contributed by atoms with Crippen LogP contribution in [0.2, 0.25) is 24.2 Å². The molecule has 4 bridgehead atoms. The van der Waals surface area contributed by atoms with Crippen molar-refractivity contribution >= 4 is 43.6 Å². The number of esters is 1. The molecule has 3 aliphatic rings. The fraction of sp³-hybridized carbons (Fsp3) is 0.606. The first-order valence-electron chi connectivity index (χ1n) is 15.7. The zero-order valence-electron chi connectivity index (χ0n) is 28.3. The highest BCUT2D eigenvalue weighted by Crippen LogP contribution is 2.49. The van der Waals surface area contributed by atoms with Gasteiger partial charge in [-0.15, -0.1) is 0 Å². The highest BCUT2D eigenvalue weighted by Gasteiger charge is 2.64. The van der Waals surface area contributed by atoms with Crippen LogP contribution >= 0.6 is 11.6 Å². The number of aliphatic hydroxyl groups is 1. The van der Waals surface area contributed by atoms with Gasteiger partial charge in [0.25, 0.3) is 0 Å². The number of fused-ring (bicyclic) bond motifs is 5. The predicted octanol–water partition coefficient (Wildman–Crippen LogP) is 4.26. The summed E-state index contributed by atoms with van der Waals surface area (Å²) in [7, 11) is 1.98. The normalized spacial score (nSPS) is 33.5. The largest absolute Gasteiger partial charge is 0.495 e. The molecule has 2 saturated heterocycles. The van der Waals surface area contributed by atoms with Crippen molar-refractivity contribution in [3.63, 3.8) is 0 Å². The number of benzene rings is 1. The summed E-state index contributed by atoms with van der Waals surface area (Å²) < 4.78 is 28.9. The number of nitrogens with one attached hydrogen (secondary N) is 1. The van der Waals surface area contributed by atoms with Crippen LogP contribution in [-0.4, -0.2) is 93.2 Å². The standard InChI is InChI=1S/C33H47ClN2O10Si/c1-19-10-9-11-25(43-6)33(40)18-24(44-31(39)35-33)20(2)30-32(3,46-30)26(45-28(38)12-13-47(7,8)41)17-27(37)36(4)22-15-21(14-19)16-23(42-5)29(22)34/h9-11,15-16,20,24-26,30,40-41H,12-14,17-18H2,1-8H3,(H,35,39)/b11-9+,19-10+/t20-,24+,25-,26+,30+,32-,33+/m1/s1. The maximum Gasteiger partial charge on any atom is 0.409 e. The Morgan fingerprint density at radius 1 is 1.26 bits per heavy atom. The van der Waals surface area contributed by atoms with Crippen LogP contribution in [-0.2, 0) is 35.0 Å². The van der Waals surface area contributed by atoms with Gasteiger partial charge >= 0.3 is 12.1 Å². The number of nitrogens with zero attached hydrogens (tertiary/aromatic N) is 1. The third kappa shape index (κ3) is 8.56. The van der Waals surface area contributed by atoms with E-state index >= 15 is 0 Å². The van der Waals surface area contributed by atoms with Gasteiger partial charge in [-0.1, -0.05) is 42.3 Å². The molecule has 1 aromatic carbocycles. The fourth-order valence-corrected chi connectivity index (χ4v) is 7.36. The molecule has 0 aliphatic carbocycles. The predicted molar refractivity (Wildman–Crippen MR) is 178 cm³/mol. The Hall–Kier alpha value is -2.94. The number of allylic oxidation sites excluding steroid dienone is 3. The third-order valence-electron chi connectivity index (χ3n) is 9.17. The first-order chi connectivity index (χ1) is 21.9. The summed E-state index contributed by atoms with van der Waals surface area (Å²) in [5.74, 6) is -1.04. The molecule has 3 aliphatic heterocycles. The summed E-state index contributed by atoms with van der Waals surface area (Å²) in [6.07, 6.45) is 1.33. The van der Waals surface area contributed by atoms with Crippen molar-refractivity contribution in [2.75, 3.05) is 26.2 Å². The third-order valence-corrected chi connectivity index (χ3v) is 11.0. The molecule has 0 spiro atoms. The maximum absolute atomic E-state index is 13.9. The molecule has 2 fully saturated rings. The van der Waals surface area contributed by atoms with Crippen LogP contribution in [0.5, 0.6) is 5.75 Å². The number of methoxy groups -OCH3 is 2. The number of amides is 2. The van der Waals surface area contributed by atoms with E-state index in [-0.39, 0.29) is 30.2 Å².